The van der Waals surface area contributed by atoms with Crippen LogP contribution < -0.4 is 5.32 Å². The smallest absolute Gasteiger partial charge is 0.244 e. The Morgan fingerprint density at radius 2 is 1.84 bits per heavy atom. The number of anilines is 1. The van der Waals surface area contributed by atoms with Gasteiger partial charge in [-0.25, -0.2) is 8.78 Å². The topological polar surface area (TPSA) is 74.5 Å². The van der Waals surface area contributed by atoms with Gasteiger partial charge in [-0.15, -0.1) is 0 Å². The molecule has 3 aromatic rings. The third-order valence-corrected chi connectivity index (χ3v) is 5.68. The SMILES string of the molecule is Cc1ccc(-c2noc(C(C)N3CCN(CC(=O)Nc4ccc(F)cc4)CC3)n2)cc1F. The molecule has 1 amide bonds. The van der Waals surface area contributed by atoms with Gasteiger partial charge in [0, 0.05) is 37.4 Å². The molecule has 2 aromatic carbocycles. The van der Waals surface area contributed by atoms with Crippen LogP contribution in [-0.2, 0) is 4.79 Å². The molecule has 32 heavy (non-hydrogen) atoms. The number of nitrogens with one attached hydrogen (secondary N) is 1. The van der Waals surface area contributed by atoms with Crippen molar-refractivity contribution in [3.8, 4) is 11.4 Å². The molecule has 0 spiro atoms. The van der Waals surface area contributed by atoms with Crippen molar-refractivity contribution in [2.45, 2.75) is 19.9 Å². The zero-order chi connectivity index (χ0) is 22.7. The molecule has 7 nitrogen and oxygen atoms in total. The van der Waals surface area contributed by atoms with Crippen LogP contribution in [0.15, 0.2) is 47.0 Å². The second-order valence-corrected chi connectivity index (χ2v) is 7.96. The number of rotatable bonds is 6. The molecular formula is C23H25F2N5O2. The maximum atomic E-state index is 13.8. The van der Waals surface area contributed by atoms with Gasteiger partial charge < -0.3 is 9.84 Å². The minimum atomic E-state index is -0.340. The van der Waals surface area contributed by atoms with Crippen molar-refractivity contribution < 1.29 is 18.1 Å². The Morgan fingerprint density at radius 1 is 1.12 bits per heavy atom. The summed E-state index contributed by atoms with van der Waals surface area (Å²) in [5, 5.41) is 6.79. The molecular weight excluding hydrogens is 416 g/mol. The van der Waals surface area contributed by atoms with Gasteiger partial charge in [0.25, 0.3) is 0 Å². The predicted molar refractivity (Wildman–Crippen MR) is 116 cm³/mol. The van der Waals surface area contributed by atoms with Crippen LogP contribution in [0.1, 0.15) is 24.4 Å². The highest BCUT2D eigenvalue weighted by Gasteiger charge is 2.26. The number of amides is 1. The number of aromatic nitrogens is 2. The van der Waals surface area contributed by atoms with Crippen LogP contribution in [0.2, 0.25) is 0 Å². The quantitative estimate of drug-likeness (QED) is 0.630. The molecule has 2 heterocycles. The molecule has 168 valence electrons. The van der Waals surface area contributed by atoms with Crippen LogP contribution >= 0.6 is 0 Å². The van der Waals surface area contributed by atoms with Gasteiger partial charge in [0.2, 0.25) is 17.6 Å². The first kappa shape index (κ1) is 22.0. The molecule has 0 saturated carbocycles. The summed E-state index contributed by atoms with van der Waals surface area (Å²) in [5.41, 5.74) is 1.71. The molecule has 1 unspecified atom stereocenters. The minimum Gasteiger partial charge on any atom is -0.337 e. The Kier molecular flexibility index (Phi) is 6.57. The van der Waals surface area contributed by atoms with Gasteiger partial charge in [-0.2, -0.15) is 4.98 Å². The van der Waals surface area contributed by atoms with Crippen LogP contribution in [0.4, 0.5) is 14.5 Å². The summed E-state index contributed by atoms with van der Waals surface area (Å²) in [6, 6.07) is 10.5. The second-order valence-electron chi connectivity index (χ2n) is 7.96. The normalized spacial score (nSPS) is 16.1. The summed E-state index contributed by atoms with van der Waals surface area (Å²) in [6.45, 7) is 6.86. The van der Waals surface area contributed by atoms with E-state index in [0.29, 0.717) is 41.6 Å². The van der Waals surface area contributed by atoms with Crippen molar-refractivity contribution in [1.82, 2.24) is 19.9 Å². The van der Waals surface area contributed by atoms with Crippen LogP contribution in [0.5, 0.6) is 0 Å². The first-order chi connectivity index (χ1) is 15.4. The lowest BCUT2D eigenvalue weighted by atomic mass is 10.1. The number of halogens is 2. The van der Waals surface area contributed by atoms with Gasteiger partial charge in [0.15, 0.2) is 0 Å². The number of nitrogens with zero attached hydrogens (tertiary/aromatic N) is 4. The van der Waals surface area contributed by atoms with Crippen molar-refractivity contribution in [3.63, 3.8) is 0 Å². The van der Waals surface area contributed by atoms with E-state index in [-0.39, 0.29) is 30.1 Å². The molecule has 0 aliphatic carbocycles. The Morgan fingerprint density at radius 3 is 2.53 bits per heavy atom. The highest BCUT2D eigenvalue weighted by atomic mass is 19.1. The van der Waals surface area contributed by atoms with Crippen LogP contribution in [0.3, 0.4) is 0 Å². The van der Waals surface area contributed by atoms with Gasteiger partial charge in [-0.3, -0.25) is 14.6 Å². The van der Waals surface area contributed by atoms with E-state index < -0.39 is 0 Å². The second kappa shape index (κ2) is 9.54. The number of carbonyl (C=O) groups excluding carboxylic acids is 1. The van der Waals surface area contributed by atoms with Crippen molar-refractivity contribution in [3.05, 3.63) is 65.6 Å². The lowest BCUT2D eigenvalue weighted by molar-refractivity contribution is -0.117. The zero-order valence-electron chi connectivity index (χ0n) is 18.0. The summed E-state index contributed by atoms with van der Waals surface area (Å²) in [7, 11) is 0. The number of aryl methyl sites for hydroxylation is 1. The van der Waals surface area contributed by atoms with E-state index in [1.165, 1.54) is 30.3 Å². The van der Waals surface area contributed by atoms with Gasteiger partial charge in [-0.1, -0.05) is 17.3 Å². The van der Waals surface area contributed by atoms with E-state index in [2.05, 4.69) is 25.3 Å². The fourth-order valence-corrected chi connectivity index (χ4v) is 3.66. The number of hydrogen-bond acceptors (Lipinski definition) is 6. The van der Waals surface area contributed by atoms with Crippen molar-refractivity contribution in [2.75, 3.05) is 38.0 Å². The molecule has 1 aromatic heterocycles. The van der Waals surface area contributed by atoms with E-state index in [1.807, 2.05) is 6.92 Å². The third kappa shape index (κ3) is 5.17. The van der Waals surface area contributed by atoms with Gasteiger partial charge >= 0.3 is 0 Å². The maximum absolute atomic E-state index is 13.8. The molecule has 4 rings (SSSR count). The molecule has 1 aliphatic heterocycles. The van der Waals surface area contributed by atoms with Crippen LogP contribution in [0, 0.1) is 18.6 Å². The average molecular weight is 441 g/mol. The van der Waals surface area contributed by atoms with Gasteiger partial charge in [0.1, 0.15) is 11.6 Å². The fourth-order valence-electron chi connectivity index (χ4n) is 3.66. The molecule has 9 heteroatoms. The van der Waals surface area contributed by atoms with E-state index in [1.54, 1.807) is 19.1 Å². The van der Waals surface area contributed by atoms with Crippen LogP contribution in [-0.4, -0.2) is 58.6 Å². The van der Waals surface area contributed by atoms with Gasteiger partial charge in [-0.05, 0) is 49.7 Å². The van der Waals surface area contributed by atoms with E-state index in [4.69, 9.17) is 4.52 Å². The van der Waals surface area contributed by atoms with Gasteiger partial charge in [0.05, 0.1) is 12.6 Å². The molecule has 0 bridgehead atoms. The zero-order valence-corrected chi connectivity index (χ0v) is 18.0. The fraction of sp³-hybridized carbons (Fsp3) is 0.348. The molecule has 1 aliphatic rings. The van der Waals surface area contributed by atoms with E-state index >= 15 is 0 Å². The highest BCUT2D eigenvalue weighted by Crippen LogP contribution is 2.24. The van der Waals surface area contributed by atoms with Crippen molar-refractivity contribution in [2.24, 2.45) is 0 Å². The minimum absolute atomic E-state index is 0.0956. The summed E-state index contributed by atoms with van der Waals surface area (Å²) in [4.78, 5) is 21.0. The molecule has 1 saturated heterocycles. The Hall–Kier alpha value is -3.17. The van der Waals surface area contributed by atoms with Crippen molar-refractivity contribution in [1.29, 1.82) is 0 Å². The number of hydrogen-bond donors (Lipinski definition) is 1. The van der Waals surface area contributed by atoms with E-state index in [9.17, 15) is 13.6 Å². The monoisotopic (exact) mass is 441 g/mol. The number of piperazine rings is 1. The highest BCUT2D eigenvalue weighted by molar-refractivity contribution is 5.92. The predicted octanol–water partition coefficient (Wildman–Crippen LogP) is 3.64. The Labute approximate surface area is 185 Å². The van der Waals surface area contributed by atoms with Crippen molar-refractivity contribution >= 4 is 11.6 Å². The maximum Gasteiger partial charge on any atom is 0.244 e. The third-order valence-electron chi connectivity index (χ3n) is 5.68. The summed E-state index contributed by atoms with van der Waals surface area (Å²) in [5.74, 6) is 0.0597. The molecule has 0 radical (unpaired) electrons. The largest absolute Gasteiger partial charge is 0.337 e. The van der Waals surface area contributed by atoms with E-state index in [0.717, 1.165) is 13.1 Å². The summed E-state index contributed by atoms with van der Waals surface area (Å²) < 4.78 is 32.3. The Bertz CT molecular complexity index is 1080. The standard InChI is InChI=1S/C23H25F2N5O2/c1-15-3-4-17(13-20(15)25)22-27-23(32-28-22)16(2)30-11-9-29(10-12-30)14-21(31)26-19-7-5-18(24)6-8-19/h3-8,13,16H,9-12,14H2,1-2H3,(H,26,31). The Balaban J connectivity index is 1.29. The molecule has 1 fully saturated rings. The summed E-state index contributed by atoms with van der Waals surface area (Å²) >= 11 is 0. The first-order valence-corrected chi connectivity index (χ1v) is 10.5. The molecule has 1 atom stereocenters. The number of carbonyl (C=O) groups is 1. The average Bonchev–Trinajstić information content (AvgIpc) is 3.27. The lowest BCUT2D eigenvalue weighted by Gasteiger charge is -2.36. The first-order valence-electron chi connectivity index (χ1n) is 10.5. The summed E-state index contributed by atoms with van der Waals surface area (Å²) in [6.07, 6.45) is 0. The number of benzene rings is 2. The lowest BCUT2D eigenvalue weighted by Crippen LogP contribution is -2.49. The molecule has 1 N–H and O–H groups in total. The van der Waals surface area contributed by atoms with Crippen LogP contribution in [0.25, 0.3) is 11.4 Å².